The number of para-hydroxylation sites is 1. The summed E-state index contributed by atoms with van der Waals surface area (Å²) in [5.74, 6) is -4.38. The zero-order chi connectivity index (χ0) is 30.8. The number of carbonyl (C=O) groups is 1. The molecule has 220 valence electrons. The van der Waals surface area contributed by atoms with Gasteiger partial charge in [-0.15, -0.1) is 0 Å². The summed E-state index contributed by atoms with van der Waals surface area (Å²) in [6, 6.07) is 15.6. The molecule has 0 unspecified atom stereocenters. The Morgan fingerprint density at radius 2 is 1.74 bits per heavy atom. The van der Waals surface area contributed by atoms with Crippen molar-refractivity contribution in [1.82, 2.24) is 9.97 Å². The first-order valence-electron chi connectivity index (χ1n) is 13.5. The number of aliphatic hydroxyl groups is 1. The second-order valence-electron chi connectivity index (χ2n) is 11.3. The van der Waals surface area contributed by atoms with Crippen molar-refractivity contribution in [2.24, 2.45) is 0 Å². The number of benzene rings is 3. The molecule has 10 heteroatoms. The molecule has 0 aliphatic carbocycles. The average Bonchev–Trinajstić information content (AvgIpc) is 3.12. The highest BCUT2D eigenvalue weighted by Gasteiger charge is 2.50. The maximum absolute atomic E-state index is 16.0. The Bertz CT molecular complexity index is 1690. The number of anilines is 3. The maximum atomic E-state index is 16.0. The van der Waals surface area contributed by atoms with E-state index in [0.29, 0.717) is 39.5 Å². The fraction of sp³-hybridized carbons (Fsp3) is 0.344. The Morgan fingerprint density at radius 1 is 1.07 bits per heavy atom. The summed E-state index contributed by atoms with van der Waals surface area (Å²) in [5, 5.41) is 10.7. The quantitative estimate of drug-likeness (QED) is 0.264. The van der Waals surface area contributed by atoms with Crippen LogP contribution < -0.4 is 9.80 Å². The van der Waals surface area contributed by atoms with E-state index in [2.05, 4.69) is 4.98 Å². The molecule has 1 aromatic heterocycles. The number of ether oxygens (including phenoxy) is 1. The van der Waals surface area contributed by atoms with Gasteiger partial charge in [-0.1, -0.05) is 30.3 Å². The van der Waals surface area contributed by atoms with Crippen LogP contribution in [0.1, 0.15) is 56.3 Å². The van der Waals surface area contributed by atoms with E-state index in [0.717, 1.165) is 19.9 Å². The molecule has 7 nitrogen and oxygen atoms in total. The molecular weight excluding hydrogens is 545 g/mol. The van der Waals surface area contributed by atoms with Crippen LogP contribution in [0.15, 0.2) is 60.7 Å². The summed E-state index contributed by atoms with van der Waals surface area (Å²) in [6.45, 7) is 7.01. The largest absolute Gasteiger partial charge is 0.384 e. The van der Waals surface area contributed by atoms with Gasteiger partial charge in [0.2, 0.25) is 0 Å². The Morgan fingerprint density at radius 3 is 2.36 bits per heavy atom. The molecule has 0 saturated heterocycles. The zero-order valence-electron chi connectivity index (χ0n) is 24.5. The minimum absolute atomic E-state index is 0.0116. The highest BCUT2D eigenvalue weighted by molar-refractivity contribution is 6.09. The van der Waals surface area contributed by atoms with Crippen molar-refractivity contribution >= 4 is 34.0 Å². The Labute approximate surface area is 242 Å². The molecule has 0 saturated carbocycles. The third-order valence-corrected chi connectivity index (χ3v) is 8.14. The van der Waals surface area contributed by atoms with E-state index in [1.807, 2.05) is 36.4 Å². The SMILES string of the molecule is CO[C@@]1(C)C(=O)N(C)c2cc3nc(C)nc(N(c4ccccc4)[C@H](C)c4cccc(C(F)(F)C(C)(C)O)c4F)c3cc21. The number of methoxy groups -OCH3 is 1. The first kappa shape index (κ1) is 29.5. The van der Waals surface area contributed by atoms with Gasteiger partial charge in [0.15, 0.2) is 5.60 Å². The third kappa shape index (κ3) is 4.40. The lowest BCUT2D eigenvalue weighted by Gasteiger charge is -2.34. The van der Waals surface area contributed by atoms with Crippen molar-refractivity contribution in [3.63, 3.8) is 0 Å². The molecule has 1 aliphatic rings. The van der Waals surface area contributed by atoms with Crippen LogP contribution in [0.3, 0.4) is 0 Å². The van der Waals surface area contributed by atoms with Crippen LogP contribution in [-0.2, 0) is 21.1 Å². The number of aromatic nitrogens is 2. The minimum Gasteiger partial charge on any atom is -0.384 e. The van der Waals surface area contributed by atoms with E-state index in [9.17, 15) is 9.90 Å². The number of alkyl halides is 2. The number of amides is 1. The fourth-order valence-corrected chi connectivity index (χ4v) is 5.55. The van der Waals surface area contributed by atoms with Crippen LogP contribution in [-0.4, -0.2) is 40.7 Å². The zero-order valence-corrected chi connectivity index (χ0v) is 24.5. The molecule has 0 bridgehead atoms. The number of fused-ring (bicyclic) bond motifs is 2. The topological polar surface area (TPSA) is 78.8 Å². The molecule has 5 rings (SSSR count). The van der Waals surface area contributed by atoms with Crippen molar-refractivity contribution in [3.05, 3.63) is 89.0 Å². The van der Waals surface area contributed by atoms with Crippen LogP contribution in [0.5, 0.6) is 0 Å². The molecule has 1 aliphatic heterocycles. The molecule has 3 aromatic carbocycles. The van der Waals surface area contributed by atoms with Crippen molar-refractivity contribution in [1.29, 1.82) is 0 Å². The average molecular weight is 579 g/mol. The predicted octanol–water partition coefficient (Wildman–Crippen LogP) is 6.68. The van der Waals surface area contributed by atoms with Gasteiger partial charge < -0.3 is 19.6 Å². The minimum atomic E-state index is -3.85. The Kier molecular flexibility index (Phi) is 7.06. The number of nitrogens with zero attached hydrogens (tertiary/aromatic N) is 4. The second kappa shape index (κ2) is 10.1. The first-order valence-corrected chi connectivity index (χ1v) is 13.5. The number of likely N-dealkylation sites (N-methyl/N-ethyl adjacent to an activating group) is 1. The van der Waals surface area contributed by atoms with E-state index in [1.165, 1.54) is 24.1 Å². The lowest BCUT2D eigenvalue weighted by Crippen LogP contribution is -2.41. The molecule has 0 spiro atoms. The molecule has 1 N–H and O–H groups in total. The summed E-state index contributed by atoms with van der Waals surface area (Å²) in [7, 11) is 3.14. The molecule has 2 atom stereocenters. The van der Waals surface area contributed by atoms with E-state index < -0.39 is 34.5 Å². The highest BCUT2D eigenvalue weighted by atomic mass is 19.3. The monoisotopic (exact) mass is 578 g/mol. The van der Waals surface area contributed by atoms with E-state index >= 15 is 13.2 Å². The Balaban J connectivity index is 1.78. The number of aryl methyl sites for hydroxylation is 1. The van der Waals surface area contributed by atoms with Crippen LogP contribution in [0, 0.1) is 12.7 Å². The molecule has 2 heterocycles. The van der Waals surface area contributed by atoms with Crippen molar-refractivity contribution in [3.8, 4) is 0 Å². The number of hydrogen-bond donors (Lipinski definition) is 1. The van der Waals surface area contributed by atoms with Gasteiger partial charge in [0.25, 0.3) is 5.91 Å². The lowest BCUT2D eigenvalue weighted by molar-refractivity contribution is -0.170. The summed E-state index contributed by atoms with van der Waals surface area (Å²) < 4.78 is 52.1. The maximum Gasteiger partial charge on any atom is 0.303 e. The van der Waals surface area contributed by atoms with Gasteiger partial charge in [-0.3, -0.25) is 4.79 Å². The normalized spacial score (nSPS) is 18.0. The molecule has 4 aromatic rings. The third-order valence-electron chi connectivity index (χ3n) is 8.14. The van der Waals surface area contributed by atoms with Crippen LogP contribution in [0.4, 0.5) is 30.4 Å². The van der Waals surface area contributed by atoms with E-state index in [-0.39, 0.29) is 11.5 Å². The first-order chi connectivity index (χ1) is 19.6. The van der Waals surface area contributed by atoms with Crippen LogP contribution in [0.2, 0.25) is 0 Å². The van der Waals surface area contributed by atoms with Gasteiger partial charge in [0, 0.05) is 36.4 Å². The lowest BCUT2D eigenvalue weighted by atomic mass is 9.90. The van der Waals surface area contributed by atoms with Crippen LogP contribution in [0.25, 0.3) is 10.9 Å². The summed E-state index contributed by atoms with van der Waals surface area (Å²) in [6.07, 6.45) is 0. The van der Waals surface area contributed by atoms with Crippen molar-refractivity contribution in [2.75, 3.05) is 24.0 Å². The number of carbonyl (C=O) groups excluding carboxylic acids is 1. The number of halogens is 3. The van der Waals surface area contributed by atoms with Gasteiger partial charge in [-0.25, -0.2) is 14.4 Å². The number of rotatable bonds is 7. The van der Waals surface area contributed by atoms with E-state index in [1.54, 1.807) is 38.8 Å². The molecule has 0 radical (unpaired) electrons. The van der Waals surface area contributed by atoms with Crippen molar-refractivity contribution < 1.29 is 27.8 Å². The summed E-state index contributed by atoms with van der Waals surface area (Å²) in [4.78, 5) is 25.8. The van der Waals surface area contributed by atoms with E-state index in [4.69, 9.17) is 9.72 Å². The molecular formula is C32H33F3N4O3. The van der Waals surface area contributed by atoms with Gasteiger partial charge in [0.05, 0.1) is 22.8 Å². The Hall–Kier alpha value is -4.02. The number of hydrogen-bond acceptors (Lipinski definition) is 6. The van der Waals surface area contributed by atoms with Gasteiger partial charge >= 0.3 is 5.92 Å². The highest BCUT2D eigenvalue weighted by Crippen LogP contribution is 2.47. The van der Waals surface area contributed by atoms with Gasteiger partial charge in [-0.05, 0) is 65.0 Å². The molecule has 42 heavy (non-hydrogen) atoms. The predicted molar refractivity (Wildman–Crippen MR) is 156 cm³/mol. The van der Waals surface area contributed by atoms with Crippen molar-refractivity contribution in [2.45, 2.75) is 57.8 Å². The van der Waals surface area contributed by atoms with Gasteiger partial charge in [-0.2, -0.15) is 8.78 Å². The fourth-order valence-electron chi connectivity index (χ4n) is 5.55. The van der Waals surface area contributed by atoms with Gasteiger partial charge in [0.1, 0.15) is 23.1 Å². The smallest absolute Gasteiger partial charge is 0.303 e. The molecule has 1 amide bonds. The molecule has 0 fully saturated rings. The second-order valence-corrected chi connectivity index (χ2v) is 11.3. The summed E-state index contributed by atoms with van der Waals surface area (Å²) in [5.41, 5.74) is -2.20. The standard InChI is InChI=1S/C32H33F3N4O3/c1-18(21-14-11-15-23(27(21)33)32(34,35)30(3,4)41)39(20-12-9-8-10-13-20)28-22-16-24-26(17-25(22)36-19(2)37-28)38(6)29(40)31(24,5)42-7/h8-18,41H,1-7H3/t18-,31-/m1/s1. The van der Waals surface area contributed by atoms with Crippen LogP contribution >= 0.6 is 0 Å². The summed E-state index contributed by atoms with van der Waals surface area (Å²) >= 11 is 0.